The first-order valence-electron chi connectivity index (χ1n) is 10.3. The topological polar surface area (TPSA) is 105 Å². The number of carbonyl (C=O) groups is 4. The summed E-state index contributed by atoms with van der Waals surface area (Å²) in [5.74, 6) is -3.80. The summed E-state index contributed by atoms with van der Waals surface area (Å²) in [6, 6.07) is 15.8. The fourth-order valence-electron chi connectivity index (χ4n) is 2.55. The predicted molar refractivity (Wildman–Crippen MR) is 114 cm³/mol. The van der Waals surface area contributed by atoms with Gasteiger partial charge >= 0.3 is 23.9 Å². The van der Waals surface area contributed by atoms with E-state index in [1.165, 1.54) is 24.3 Å². The van der Waals surface area contributed by atoms with Crippen molar-refractivity contribution in [3.05, 3.63) is 71.8 Å². The maximum atomic E-state index is 12.7. The lowest BCUT2D eigenvalue weighted by Crippen LogP contribution is -2.47. The van der Waals surface area contributed by atoms with Gasteiger partial charge in [-0.15, -0.1) is 0 Å². The van der Waals surface area contributed by atoms with E-state index in [0.717, 1.165) is 0 Å². The van der Waals surface area contributed by atoms with E-state index in [2.05, 4.69) is 0 Å². The van der Waals surface area contributed by atoms with Crippen molar-refractivity contribution in [1.29, 1.82) is 0 Å². The van der Waals surface area contributed by atoms with Crippen LogP contribution in [0.4, 0.5) is 0 Å². The van der Waals surface area contributed by atoms with Gasteiger partial charge in [0.15, 0.2) is 0 Å². The number of hydrogen-bond donors (Lipinski definition) is 0. The molecule has 0 saturated carbocycles. The van der Waals surface area contributed by atoms with Crippen molar-refractivity contribution in [3.8, 4) is 0 Å². The van der Waals surface area contributed by atoms with E-state index in [4.69, 9.17) is 18.9 Å². The van der Waals surface area contributed by atoms with E-state index >= 15 is 0 Å². The summed E-state index contributed by atoms with van der Waals surface area (Å²) >= 11 is 0. The van der Waals surface area contributed by atoms with Crippen LogP contribution in [0, 0.1) is 0 Å². The highest BCUT2D eigenvalue weighted by atomic mass is 16.6. The fourth-order valence-corrected chi connectivity index (χ4v) is 2.55. The molecule has 8 nitrogen and oxygen atoms in total. The second-order valence-electron chi connectivity index (χ2n) is 6.72. The van der Waals surface area contributed by atoms with Gasteiger partial charge in [-0.2, -0.15) is 0 Å². The van der Waals surface area contributed by atoms with E-state index in [0.29, 0.717) is 12.8 Å². The normalized spacial score (nSPS) is 12.2. The minimum absolute atomic E-state index is 0.0293. The molecular weight excluding hydrogens is 416 g/mol. The molecule has 2 aromatic rings. The van der Waals surface area contributed by atoms with Gasteiger partial charge in [-0.05, 0) is 37.1 Å². The first kappa shape index (κ1) is 24.6. The lowest BCUT2D eigenvalue weighted by molar-refractivity contribution is -0.174. The van der Waals surface area contributed by atoms with Crippen LogP contribution in [0.25, 0.3) is 0 Å². The average Bonchev–Trinajstić information content (AvgIpc) is 2.83. The standard InChI is InChI=1S/C24H26O8/c1-3-15-29-23(27)19(31-21(25)17-11-7-5-8-12-17)20(24(28)30-16-4-2)32-22(26)18-13-9-6-10-14-18/h5-14,19-20H,3-4,15-16H2,1-2H3. The van der Waals surface area contributed by atoms with Gasteiger partial charge in [0.05, 0.1) is 24.3 Å². The Bertz CT molecular complexity index is 819. The van der Waals surface area contributed by atoms with Crippen molar-refractivity contribution >= 4 is 23.9 Å². The molecular formula is C24H26O8. The second-order valence-corrected chi connectivity index (χ2v) is 6.72. The van der Waals surface area contributed by atoms with Crippen LogP contribution in [-0.2, 0) is 28.5 Å². The third-order valence-electron chi connectivity index (χ3n) is 4.12. The lowest BCUT2D eigenvalue weighted by Gasteiger charge is -2.24. The summed E-state index contributed by atoms with van der Waals surface area (Å²) in [7, 11) is 0. The molecule has 170 valence electrons. The zero-order valence-corrected chi connectivity index (χ0v) is 18.0. The zero-order chi connectivity index (χ0) is 23.3. The van der Waals surface area contributed by atoms with Crippen molar-refractivity contribution < 1.29 is 38.1 Å². The van der Waals surface area contributed by atoms with Gasteiger partial charge in [-0.1, -0.05) is 50.2 Å². The van der Waals surface area contributed by atoms with Crippen LogP contribution in [0.15, 0.2) is 60.7 Å². The molecule has 0 heterocycles. The minimum atomic E-state index is -1.84. The maximum Gasteiger partial charge on any atom is 0.352 e. The Hall–Kier alpha value is -3.68. The summed E-state index contributed by atoms with van der Waals surface area (Å²) in [5.41, 5.74) is 0.298. The average molecular weight is 442 g/mol. The maximum absolute atomic E-state index is 12.7. The molecule has 0 bridgehead atoms. The molecule has 32 heavy (non-hydrogen) atoms. The summed E-state index contributed by atoms with van der Waals surface area (Å²) in [6.07, 6.45) is -2.68. The van der Waals surface area contributed by atoms with E-state index in [1.807, 2.05) is 0 Å². The van der Waals surface area contributed by atoms with Crippen molar-refractivity contribution in [1.82, 2.24) is 0 Å². The van der Waals surface area contributed by atoms with Crippen molar-refractivity contribution in [2.75, 3.05) is 13.2 Å². The Balaban J connectivity index is 2.34. The van der Waals surface area contributed by atoms with Crippen LogP contribution in [0.2, 0.25) is 0 Å². The molecule has 0 N–H and O–H groups in total. The van der Waals surface area contributed by atoms with Gasteiger partial charge in [0.25, 0.3) is 0 Å². The Morgan fingerprint density at radius 3 is 1.28 bits per heavy atom. The first-order chi connectivity index (χ1) is 15.5. The second kappa shape index (κ2) is 12.9. The molecule has 0 radical (unpaired) electrons. The number of ether oxygens (including phenoxy) is 4. The first-order valence-corrected chi connectivity index (χ1v) is 10.3. The Morgan fingerprint density at radius 2 is 0.969 bits per heavy atom. The SMILES string of the molecule is CCCOC(=O)C(OC(=O)c1ccccc1)C(OC(=O)c1ccccc1)C(=O)OCCC. The van der Waals surface area contributed by atoms with Crippen molar-refractivity contribution in [3.63, 3.8) is 0 Å². The Morgan fingerprint density at radius 1 is 0.625 bits per heavy atom. The number of benzene rings is 2. The third kappa shape index (κ3) is 7.23. The molecule has 2 atom stereocenters. The zero-order valence-electron chi connectivity index (χ0n) is 18.0. The number of carbonyl (C=O) groups excluding carboxylic acids is 4. The summed E-state index contributed by atoms with van der Waals surface area (Å²) in [6.45, 7) is 3.62. The molecule has 8 heteroatoms. The number of rotatable bonds is 11. The third-order valence-corrected chi connectivity index (χ3v) is 4.12. The van der Waals surface area contributed by atoms with Crippen LogP contribution in [0.3, 0.4) is 0 Å². The minimum Gasteiger partial charge on any atom is -0.463 e. The van der Waals surface area contributed by atoms with E-state index in [1.54, 1.807) is 50.2 Å². The molecule has 2 rings (SSSR count). The van der Waals surface area contributed by atoms with E-state index in [9.17, 15) is 19.2 Å². The molecule has 0 fully saturated rings. The quantitative estimate of drug-likeness (QED) is 0.385. The molecule has 0 aliphatic rings. The molecule has 0 amide bonds. The number of hydrogen-bond acceptors (Lipinski definition) is 8. The van der Waals surface area contributed by atoms with Crippen LogP contribution in [-0.4, -0.2) is 49.3 Å². The van der Waals surface area contributed by atoms with E-state index < -0.39 is 36.1 Å². The molecule has 0 aliphatic heterocycles. The van der Waals surface area contributed by atoms with Crippen LogP contribution in [0.1, 0.15) is 47.4 Å². The van der Waals surface area contributed by atoms with Crippen LogP contribution >= 0.6 is 0 Å². The van der Waals surface area contributed by atoms with Gasteiger partial charge in [0.2, 0.25) is 12.2 Å². The molecule has 0 aliphatic carbocycles. The van der Waals surface area contributed by atoms with Crippen molar-refractivity contribution in [2.45, 2.75) is 38.9 Å². The Labute approximate surface area is 186 Å². The van der Waals surface area contributed by atoms with Gasteiger partial charge < -0.3 is 18.9 Å². The molecule has 0 saturated heterocycles. The van der Waals surface area contributed by atoms with E-state index in [-0.39, 0.29) is 24.3 Å². The fraction of sp³-hybridized carbons (Fsp3) is 0.333. The smallest absolute Gasteiger partial charge is 0.352 e. The summed E-state index contributed by atoms with van der Waals surface area (Å²) in [5, 5.41) is 0. The number of esters is 4. The van der Waals surface area contributed by atoms with Crippen LogP contribution in [0.5, 0.6) is 0 Å². The van der Waals surface area contributed by atoms with Crippen LogP contribution < -0.4 is 0 Å². The Kier molecular flexibility index (Phi) is 9.90. The highest BCUT2D eigenvalue weighted by Crippen LogP contribution is 2.16. The summed E-state index contributed by atoms with van der Waals surface area (Å²) < 4.78 is 20.8. The molecule has 0 spiro atoms. The molecule has 2 aromatic carbocycles. The predicted octanol–water partition coefficient (Wildman–Crippen LogP) is 3.34. The lowest BCUT2D eigenvalue weighted by atomic mass is 10.1. The van der Waals surface area contributed by atoms with Gasteiger partial charge in [0, 0.05) is 0 Å². The monoisotopic (exact) mass is 442 g/mol. The van der Waals surface area contributed by atoms with Gasteiger partial charge in [-0.25, -0.2) is 19.2 Å². The largest absolute Gasteiger partial charge is 0.463 e. The van der Waals surface area contributed by atoms with Gasteiger partial charge in [0.1, 0.15) is 0 Å². The molecule has 2 unspecified atom stereocenters. The molecule has 0 aromatic heterocycles. The highest BCUT2D eigenvalue weighted by Gasteiger charge is 2.43. The van der Waals surface area contributed by atoms with Crippen molar-refractivity contribution in [2.24, 2.45) is 0 Å². The highest BCUT2D eigenvalue weighted by molar-refractivity contribution is 5.95. The summed E-state index contributed by atoms with van der Waals surface area (Å²) in [4.78, 5) is 50.6. The van der Waals surface area contributed by atoms with Gasteiger partial charge in [-0.3, -0.25) is 0 Å².